The van der Waals surface area contributed by atoms with Crippen molar-refractivity contribution < 1.29 is 0 Å². The van der Waals surface area contributed by atoms with Crippen molar-refractivity contribution in [3.63, 3.8) is 0 Å². The summed E-state index contributed by atoms with van der Waals surface area (Å²) in [6, 6.07) is 12.9. The lowest BCUT2D eigenvalue weighted by Gasteiger charge is -2.26. The average Bonchev–Trinajstić information content (AvgIpc) is 3.31. The number of hydrogen-bond donors (Lipinski definition) is 1. The van der Waals surface area contributed by atoms with E-state index in [1.807, 2.05) is 6.07 Å². The third kappa shape index (κ3) is 3.11. The summed E-state index contributed by atoms with van der Waals surface area (Å²) >= 11 is 9.19. The van der Waals surface area contributed by atoms with Gasteiger partial charge in [0, 0.05) is 11.4 Å². The van der Waals surface area contributed by atoms with E-state index in [1.54, 1.807) is 22.7 Å². The second kappa shape index (κ2) is 6.55. The van der Waals surface area contributed by atoms with Gasteiger partial charge in [-0.1, -0.05) is 18.2 Å². The van der Waals surface area contributed by atoms with Crippen LogP contribution in [0.3, 0.4) is 0 Å². The van der Waals surface area contributed by atoms with Gasteiger partial charge in [-0.2, -0.15) is 0 Å². The van der Waals surface area contributed by atoms with Gasteiger partial charge in [0.25, 0.3) is 0 Å². The molecule has 0 bridgehead atoms. The first-order chi connectivity index (χ1) is 11.3. The Morgan fingerprint density at radius 1 is 1.30 bits per heavy atom. The smallest absolute Gasteiger partial charge is 0.169 e. The molecule has 1 aliphatic rings. The van der Waals surface area contributed by atoms with Crippen LogP contribution >= 0.6 is 34.9 Å². The second-order valence-electron chi connectivity index (χ2n) is 5.61. The van der Waals surface area contributed by atoms with Gasteiger partial charge >= 0.3 is 0 Å². The van der Waals surface area contributed by atoms with Crippen molar-refractivity contribution in [2.75, 3.05) is 6.54 Å². The molecule has 0 spiro atoms. The van der Waals surface area contributed by atoms with Gasteiger partial charge in [-0.05, 0) is 48.6 Å². The molecule has 3 aromatic rings. The molecule has 1 saturated heterocycles. The van der Waals surface area contributed by atoms with Crippen LogP contribution in [0, 0.1) is 0 Å². The monoisotopic (exact) mass is 359 g/mol. The van der Waals surface area contributed by atoms with Crippen LogP contribution in [-0.2, 0) is 6.54 Å². The van der Waals surface area contributed by atoms with E-state index >= 15 is 0 Å². The molecule has 3 nitrogen and oxygen atoms in total. The van der Waals surface area contributed by atoms with Crippen LogP contribution in [0.15, 0.2) is 41.8 Å². The molecule has 1 N–H and O–H groups in total. The maximum atomic E-state index is 5.64. The summed E-state index contributed by atoms with van der Waals surface area (Å²) in [7, 11) is 0. The molecule has 4 rings (SSSR count). The van der Waals surface area contributed by atoms with E-state index in [-0.39, 0.29) is 0 Å². The molecule has 118 valence electrons. The van der Waals surface area contributed by atoms with Crippen LogP contribution in [0.5, 0.6) is 0 Å². The van der Waals surface area contributed by atoms with Gasteiger partial charge in [0.1, 0.15) is 5.01 Å². The van der Waals surface area contributed by atoms with Crippen LogP contribution in [-0.4, -0.2) is 21.5 Å². The Bertz CT molecular complexity index is 776. The highest BCUT2D eigenvalue weighted by atomic mass is 32.1. The molecule has 1 atom stereocenters. The minimum Gasteiger partial charge on any atom is -0.358 e. The normalized spacial score (nSPS) is 17.7. The van der Waals surface area contributed by atoms with Crippen molar-refractivity contribution in [2.24, 2.45) is 0 Å². The highest BCUT2D eigenvalue weighted by Crippen LogP contribution is 2.36. The molecule has 3 heterocycles. The molecule has 0 radical (unpaired) electrons. The van der Waals surface area contributed by atoms with Crippen LogP contribution in [0.25, 0.3) is 10.2 Å². The molecule has 1 fully saturated rings. The molecule has 0 saturated carbocycles. The lowest BCUT2D eigenvalue weighted by molar-refractivity contribution is 0.393. The standard InChI is InChI=1S/C17H17N3S3/c21-17(18-11-12-5-4-10-22-12)20-9-3-7-14(20)16-19-13-6-1-2-8-15(13)23-16/h1-2,4-6,8,10,14H,3,7,9,11H2,(H,18,21). The fourth-order valence-corrected chi connectivity index (χ4v) is 5.03. The summed E-state index contributed by atoms with van der Waals surface area (Å²) in [6.07, 6.45) is 2.29. The van der Waals surface area contributed by atoms with Crippen LogP contribution in [0.2, 0.25) is 0 Å². The Kier molecular flexibility index (Phi) is 4.29. The van der Waals surface area contributed by atoms with Gasteiger partial charge < -0.3 is 10.2 Å². The predicted molar refractivity (Wildman–Crippen MR) is 102 cm³/mol. The third-order valence-electron chi connectivity index (χ3n) is 4.10. The van der Waals surface area contributed by atoms with Gasteiger partial charge in [0.05, 0.1) is 22.8 Å². The van der Waals surface area contributed by atoms with Crippen molar-refractivity contribution in [1.82, 2.24) is 15.2 Å². The maximum Gasteiger partial charge on any atom is 0.169 e. The van der Waals surface area contributed by atoms with E-state index in [2.05, 4.69) is 45.9 Å². The van der Waals surface area contributed by atoms with E-state index in [1.165, 1.54) is 21.0 Å². The molecule has 0 aliphatic carbocycles. The minimum absolute atomic E-state index is 0.315. The summed E-state index contributed by atoms with van der Waals surface area (Å²) < 4.78 is 1.26. The summed E-state index contributed by atoms with van der Waals surface area (Å²) in [5, 5.41) is 7.53. The van der Waals surface area contributed by atoms with Crippen molar-refractivity contribution in [2.45, 2.75) is 25.4 Å². The first-order valence-electron chi connectivity index (χ1n) is 7.73. The van der Waals surface area contributed by atoms with E-state index in [0.29, 0.717) is 6.04 Å². The molecule has 2 aromatic heterocycles. The SMILES string of the molecule is S=C(NCc1cccs1)N1CCCC1c1nc2ccccc2s1. The van der Waals surface area contributed by atoms with Gasteiger partial charge in [0.2, 0.25) is 0 Å². The lowest BCUT2D eigenvalue weighted by atomic mass is 10.2. The fraction of sp³-hybridized carbons (Fsp3) is 0.294. The Balaban J connectivity index is 1.50. The van der Waals surface area contributed by atoms with Gasteiger partial charge in [-0.25, -0.2) is 4.98 Å². The third-order valence-corrected chi connectivity index (χ3v) is 6.50. The molecule has 1 unspecified atom stereocenters. The highest BCUT2D eigenvalue weighted by Gasteiger charge is 2.30. The predicted octanol–water partition coefficient (Wildman–Crippen LogP) is 4.57. The number of nitrogens with one attached hydrogen (secondary N) is 1. The number of para-hydroxylation sites is 1. The topological polar surface area (TPSA) is 28.2 Å². The molecular formula is C17H17N3S3. The van der Waals surface area contributed by atoms with Crippen molar-refractivity contribution in [1.29, 1.82) is 0 Å². The number of likely N-dealkylation sites (tertiary alicyclic amines) is 1. The van der Waals surface area contributed by atoms with E-state index in [9.17, 15) is 0 Å². The Labute approximate surface area is 149 Å². The summed E-state index contributed by atoms with van der Waals surface area (Å²) in [5.41, 5.74) is 1.09. The number of aromatic nitrogens is 1. The zero-order valence-electron chi connectivity index (χ0n) is 12.6. The number of thiazole rings is 1. The Morgan fingerprint density at radius 3 is 3.04 bits per heavy atom. The average molecular weight is 360 g/mol. The van der Waals surface area contributed by atoms with Gasteiger partial charge in [-0.15, -0.1) is 22.7 Å². The first-order valence-corrected chi connectivity index (χ1v) is 9.84. The summed E-state index contributed by atoms with van der Waals surface area (Å²) in [4.78, 5) is 8.44. The van der Waals surface area contributed by atoms with E-state index < -0.39 is 0 Å². The fourth-order valence-electron chi connectivity index (χ4n) is 2.98. The lowest BCUT2D eigenvalue weighted by Crippen LogP contribution is -2.38. The largest absolute Gasteiger partial charge is 0.358 e. The minimum atomic E-state index is 0.315. The van der Waals surface area contributed by atoms with E-state index in [0.717, 1.165) is 30.1 Å². The Morgan fingerprint density at radius 2 is 2.22 bits per heavy atom. The number of benzene rings is 1. The molecule has 1 aliphatic heterocycles. The molecule has 0 amide bonds. The van der Waals surface area contributed by atoms with Crippen LogP contribution in [0.4, 0.5) is 0 Å². The van der Waals surface area contributed by atoms with Crippen molar-refractivity contribution in [3.8, 4) is 0 Å². The van der Waals surface area contributed by atoms with Crippen molar-refractivity contribution >= 4 is 50.2 Å². The number of hydrogen-bond acceptors (Lipinski definition) is 4. The van der Waals surface area contributed by atoms with Crippen LogP contribution in [0.1, 0.15) is 28.8 Å². The number of fused-ring (bicyclic) bond motifs is 1. The van der Waals surface area contributed by atoms with Crippen LogP contribution < -0.4 is 5.32 Å². The first kappa shape index (κ1) is 15.1. The number of rotatable bonds is 3. The maximum absolute atomic E-state index is 5.64. The molecule has 1 aromatic carbocycles. The zero-order valence-corrected chi connectivity index (χ0v) is 15.0. The zero-order chi connectivity index (χ0) is 15.6. The molecule has 23 heavy (non-hydrogen) atoms. The number of nitrogens with zero attached hydrogens (tertiary/aromatic N) is 2. The second-order valence-corrected chi connectivity index (χ2v) is 8.09. The molecule has 6 heteroatoms. The van der Waals surface area contributed by atoms with Crippen molar-refractivity contribution in [3.05, 3.63) is 51.7 Å². The number of thiophene rings is 1. The quantitative estimate of drug-likeness (QED) is 0.694. The summed E-state index contributed by atoms with van der Waals surface area (Å²) in [6.45, 7) is 1.82. The highest BCUT2D eigenvalue weighted by molar-refractivity contribution is 7.80. The Hall–Kier alpha value is -1.50. The van der Waals surface area contributed by atoms with Gasteiger partial charge in [0.15, 0.2) is 5.11 Å². The summed E-state index contributed by atoms with van der Waals surface area (Å²) in [5.74, 6) is 0. The van der Waals surface area contributed by atoms with E-state index in [4.69, 9.17) is 17.2 Å². The number of thiocarbonyl (C=S) groups is 1. The van der Waals surface area contributed by atoms with Gasteiger partial charge in [-0.3, -0.25) is 0 Å². The molecular weight excluding hydrogens is 342 g/mol.